The van der Waals surface area contributed by atoms with Crippen molar-refractivity contribution < 1.29 is 0 Å². The van der Waals surface area contributed by atoms with E-state index in [1.54, 1.807) is 0 Å². The molecular formula is C20H26N4O2. The third-order valence-electron chi connectivity index (χ3n) is 4.75. The Morgan fingerprint density at radius 1 is 0.923 bits per heavy atom. The van der Waals surface area contributed by atoms with Crippen molar-refractivity contribution in [2.75, 3.05) is 0 Å². The third kappa shape index (κ3) is 4.18. The molecule has 0 fully saturated rings. The number of aromatic nitrogens is 4. The Kier molecular flexibility index (Phi) is 6.15. The second kappa shape index (κ2) is 8.74. The van der Waals surface area contributed by atoms with Gasteiger partial charge >= 0.3 is 5.69 Å². The predicted molar refractivity (Wildman–Crippen MR) is 104 cm³/mol. The first kappa shape index (κ1) is 18.3. The maximum absolute atomic E-state index is 12.1. The highest BCUT2D eigenvalue weighted by molar-refractivity contribution is 5.79. The van der Waals surface area contributed by atoms with Gasteiger partial charge in [0.2, 0.25) is 0 Å². The topological polar surface area (TPSA) is 80.6 Å². The van der Waals surface area contributed by atoms with E-state index in [-0.39, 0.29) is 5.69 Å². The zero-order valence-electron chi connectivity index (χ0n) is 15.3. The number of aromatic amines is 1. The molecule has 0 saturated heterocycles. The number of H-pyrrole nitrogens is 1. The molecule has 1 aromatic rings. The van der Waals surface area contributed by atoms with Crippen molar-refractivity contribution in [3.05, 3.63) is 45.1 Å². The molecule has 6 heteroatoms. The smallest absolute Gasteiger partial charge is 0.322 e. The maximum atomic E-state index is 12.1. The van der Waals surface area contributed by atoms with Gasteiger partial charge in [-0.2, -0.15) is 4.98 Å². The van der Waals surface area contributed by atoms with Crippen molar-refractivity contribution >= 4 is 11.0 Å². The van der Waals surface area contributed by atoms with Crippen molar-refractivity contribution in [3.8, 4) is 11.5 Å². The second-order valence-electron chi connectivity index (χ2n) is 6.77. The second-order valence-corrected chi connectivity index (χ2v) is 6.77. The fraction of sp³-hybridized carbons (Fsp3) is 0.500. The van der Waals surface area contributed by atoms with E-state index in [2.05, 4.69) is 21.9 Å². The summed E-state index contributed by atoms with van der Waals surface area (Å²) in [5.74, 6) is 0.375. The van der Waals surface area contributed by atoms with Crippen molar-refractivity contribution in [2.45, 2.75) is 64.8 Å². The fourth-order valence-corrected chi connectivity index (χ4v) is 3.38. The molecule has 26 heavy (non-hydrogen) atoms. The van der Waals surface area contributed by atoms with Crippen LogP contribution in [0.2, 0.25) is 0 Å². The van der Waals surface area contributed by atoms with E-state index in [0.29, 0.717) is 5.82 Å². The van der Waals surface area contributed by atoms with Crippen LogP contribution >= 0.6 is 0 Å². The summed E-state index contributed by atoms with van der Waals surface area (Å²) in [6.07, 6.45) is 9.82. The quantitative estimate of drug-likeness (QED) is 0.469. The van der Waals surface area contributed by atoms with E-state index in [9.17, 15) is 9.59 Å². The molecule has 0 saturated carbocycles. The molecule has 0 bridgehead atoms. The average molecular weight is 354 g/mol. The summed E-state index contributed by atoms with van der Waals surface area (Å²) < 4.78 is 1.96. The first-order valence-electron chi connectivity index (χ1n) is 9.60. The van der Waals surface area contributed by atoms with Crippen LogP contribution in [0.1, 0.15) is 58.3 Å². The van der Waals surface area contributed by atoms with Crippen LogP contribution in [0.15, 0.2) is 33.9 Å². The van der Waals surface area contributed by atoms with Gasteiger partial charge < -0.3 is 4.57 Å². The molecule has 1 aromatic carbocycles. The molecule has 0 aliphatic carbocycles. The van der Waals surface area contributed by atoms with Crippen LogP contribution in [0.25, 0.3) is 22.6 Å². The Morgan fingerprint density at radius 3 is 2.38 bits per heavy atom. The third-order valence-corrected chi connectivity index (χ3v) is 4.75. The van der Waals surface area contributed by atoms with Crippen molar-refractivity contribution in [2.24, 2.45) is 0 Å². The summed E-state index contributed by atoms with van der Waals surface area (Å²) in [7, 11) is 0. The Balaban J connectivity index is 1.77. The van der Waals surface area contributed by atoms with Crippen LogP contribution in [0.5, 0.6) is 0 Å². The molecule has 0 aromatic heterocycles. The number of hydrogen-bond acceptors (Lipinski definition) is 4. The highest BCUT2D eigenvalue weighted by Gasteiger charge is 2.17. The molecule has 2 aliphatic heterocycles. The lowest BCUT2D eigenvalue weighted by Gasteiger charge is -2.16. The van der Waals surface area contributed by atoms with E-state index in [4.69, 9.17) is 0 Å². The summed E-state index contributed by atoms with van der Waals surface area (Å²) >= 11 is 0. The number of nitrogens with zero attached hydrogens (tertiary/aromatic N) is 3. The molecule has 2 aliphatic rings. The first-order valence-corrected chi connectivity index (χ1v) is 9.60. The molecule has 3 rings (SSSR count). The van der Waals surface area contributed by atoms with Crippen molar-refractivity contribution in [1.29, 1.82) is 0 Å². The average Bonchev–Trinajstić information content (AvgIpc) is 2.64. The number of benzene rings is 1. The van der Waals surface area contributed by atoms with E-state index in [1.165, 1.54) is 38.5 Å². The lowest BCUT2D eigenvalue weighted by Crippen LogP contribution is -2.28. The molecule has 0 spiro atoms. The Hall–Kier alpha value is -2.50. The summed E-state index contributed by atoms with van der Waals surface area (Å²) in [5, 5.41) is 0. The van der Waals surface area contributed by atoms with E-state index < -0.39 is 11.2 Å². The Morgan fingerprint density at radius 2 is 1.62 bits per heavy atom. The normalized spacial score (nSPS) is 11.4. The zero-order valence-corrected chi connectivity index (χ0v) is 15.3. The number of nitrogens with one attached hydrogen (secondary N) is 1. The number of fused-ring (bicyclic) bond motifs is 2. The van der Waals surface area contributed by atoms with Gasteiger partial charge in [-0.3, -0.25) is 9.78 Å². The molecule has 1 N–H and O–H groups in total. The highest BCUT2D eigenvalue weighted by atomic mass is 16.2. The maximum Gasteiger partial charge on any atom is 0.349 e. The number of unbranched alkanes of at least 4 members (excludes halogenated alkanes) is 7. The summed E-state index contributed by atoms with van der Waals surface area (Å²) in [6.45, 7) is 2.96. The number of para-hydroxylation sites is 2. The van der Waals surface area contributed by atoms with Gasteiger partial charge in [0.25, 0.3) is 5.56 Å². The van der Waals surface area contributed by atoms with Gasteiger partial charge in [0.1, 0.15) is 0 Å². The van der Waals surface area contributed by atoms with Crippen LogP contribution in [-0.2, 0) is 6.54 Å². The summed E-state index contributed by atoms with van der Waals surface area (Å²) in [6, 6.07) is 7.67. The minimum Gasteiger partial charge on any atom is -0.322 e. The lowest BCUT2D eigenvalue weighted by atomic mass is 10.1. The van der Waals surface area contributed by atoms with Crippen LogP contribution in [-0.4, -0.2) is 19.5 Å². The number of hydrogen-bond donors (Lipinski definition) is 1. The van der Waals surface area contributed by atoms with Crippen LogP contribution in [0.4, 0.5) is 0 Å². The molecular weight excluding hydrogens is 328 g/mol. The fourth-order valence-electron chi connectivity index (χ4n) is 3.38. The standard InChI is InChI=1S/C20H26N4O2/c1-2-3-4-5-6-7-8-11-14-24-16-13-10-9-12-15(16)21-17-18(24)22-20(26)23-19(17)25/h9-10,12-13H,2-8,11,14H2,1H3,(H,23,25,26). The molecule has 0 atom stereocenters. The van der Waals surface area contributed by atoms with Crippen molar-refractivity contribution in [3.63, 3.8) is 0 Å². The molecule has 0 amide bonds. The minimum atomic E-state index is -0.621. The largest absolute Gasteiger partial charge is 0.349 e. The van der Waals surface area contributed by atoms with Gasteiger partial charge in [0.05, 0.1) is 11.0 Å². The predicted octanol–water partition coefficient (Wildman–Crippen LogP) is 3.73. The highest BCUT2D eigenvalue weighted by Crippen LogP contribution is 2.21. The SMILES string of the molecule is CCCCCCCCCCn1c2nc(=O)[nH]c(=O)c-2nc2ccccc21. The van der Waals surface area contributed by atoms with E-state index in [1.807, 2.05) is 28.8 Å². The van der Waals surface area contributed by atoms with Gasteiger partial charge in [-0.15, -0.1) is 0 Å². The van der Waals surface area contributed by atoms with Crippen molar-refractivity contribution in [1.82, 2.24) is 19.5 Å². The zero-order chi connectivity index (χ0) is 18.4. The van der Waals surface area contributed by atoms with Gasteiger partial charge in [-0.05, 0) is 18.6 Å². The number of aryl methyl sites for hydroxylation is 1. The van der Waals surface area contributed by atoms with Gasteiger partial charge in [0.15, 0.2) is 11.5 Å². The molecule has 138 valence electrons. The molecule has 0 radical (unpaired) electrons. The van der Waals surface area contributed by atoms with Gasteiger partial charge in [0, 0.05) is 6.54 Å². The minimum absolute atomic E-state index is 0.225. The Bertz CT molecular complexity index is 945. The number of rotatable bonds is 9. The lowest BCUT2D eigenvalue weighted by molar-refractivity contribution is 0.547. The van der Waals surface area contributed by atoms with Crippen LogP contribution in [0, 0.1) is 0 Å². The summed E-state index contributed by atoms with van der Waals surface area (Å²) in [4.78, 5) is 34.4. The summed E-state index contributed by atoms with van der Waals surface area (Å²) in [5.41, 5.74) is 0.772. The van der Waals surface area contributed by atoms with Crippen LogP contribution in [0.3, 0.4) is 0 Å². The van der Waals surface area contributed by atoms with E-state index in [0.717, 1.165) is 30.4 Å². The molecule has 0 unspecified atom stereocenters. The monoisotopic (exact) mass is 354 g/mol. The van der Waals surface area contributed by atoms with E-state index >= 15 is 0 Å². The first-order chi connectivity index (χ1) is 12.7. The molecule has 6 nitrogen and oxygen atoms in total. The van der Waals surface area contributed by atoms with Crippen LogP contribution < -0.4 is 11.2 Å². The van der Waals surface area contributed by atoms with Gasteiger partial charge in [-0.25, -0.2) is 9.78 Å². The van der Waals surface area contributed by atoms with Gasteiger partial charge in [-0.1, -0.05) is 64.0 Å². The molecule has 2 heterocycles. The Labute approximate surface area is 152 Å².